The van der Waals surface area contributed by atoms with Crippen molar-refractivity contribution in [1.82, 2.24) is 0 Å². The zero-order chi connectivity index (χ0) is 10.6. The number of ether oxygens (including phenoxy) is 1. The summed E-state index contributed by atoms with van der Waals surface area (Å²) in [6.45, 7) is 0.390. The largest absolute Gasteiger partial charge is 0.494 e. The van der Waals surface area contributed by atoms with Gasteiger partial charge in [-0.2, -0.15) is 0 Å². The highest BCUT2D eigenvalue weighted by molar-refractivity contribution is 5.31. The molecule has 3 N–H and O–H groups in total. The van der Waals surface area contributed by atoms with Gasteiger partial charge in [0.15, 0.2) is 11.6 Å². The van der Waals surface area contributed by atoms with Gasteiger partial charge in [-0.15, -0.1) is 0 Å². The van der Waals surface area contributed by atoms with Crippen molar-refractivity contribution in [3.63, 3.8) is 0 Å². The minimum Gasteiger partial charge on any atom is -0.494 e. The first-order valence-corrected chi connectivity index (χ1v) is 4.40. The van der Waals surface area contributed by atoms with Crippen molar-refractivity contribution in [2.75, 3.05) is 13.7 Å². The lowest BCUT2D eigenvalue weighted by molar-refractivity contribution is 0.169. The van der Waals surface area contributed by atoms with Gasteiger partial charge in [-0.1, -0.05) is 6.07 Å². The lowest BCUT2D eigenvalue weighted by atomic mass is 10.1. The SMILES string of the molecule is COc1cc([C@@H](O)CCN)ccc1F. The van der Waals surface area contributed by atoms with Crippen LogP contribution in [0.5, 0.6) is 5.75 Å². The normalized spacial score (nSPS) is 12.6. The Bertz CT molecular complexity index is 304. The molecule has 3 nitrogen and oxygen atoms in total. The number of methoxy groups -OCH3 is 1. The Morgan fingerprint density at radius 2 is 2.29 bits per heavy atom. The summed E-state index contributed by atoms with van der Waals surface area (Å²) in [5.74, 6) is -0.297. The van der Waals surface area contributed by atoms with Crippen molar-refractivity contribution in [2.45, 2.75) is 12.5 Å². The maximum absolute atomic E-state index is 13.0. The third kappa shape index (κ3) is 2.43. The molecule has 0 unspecified atom stereocenters. The zero-order valence-corrected chi connectivity index (χ0v) is 8.03. The minimum atomic E-state index is -0.658. The summed E-state index contributed by atoms with van der Waals surface area (Å²) < 4.78 is 17.8. The second-order valence-electron chi connectivity index (χ2n) is 2.99. The van der Waals surface area contributed by atoms with E-state index in [4.69, 9.17) is 10.5 Å². The van der Waals surface area contributed by atoms with E-state index < -0.39 is 11.9 Å². The van der Waals surface area contributed by atoms with Gasteiger partial charge in [-0.3, -0.25) is 0 Å². The zero-order valence-electron chi connectivity index (χ0n) is 8.03. The monoisotopic (exact) mass is 199 g/mol. The topological polar surface area (TPSA) is 55.5 Å². The summed E-state index contributed by atoms with van der Waals surface area (Å²) in [6, 6.07) is 4.28. The molecule has 0 spiro atoms. The van der Waals surface area contributed by atoms with Crippen LogP contribution >= 0.6 is 0 Å². The van der Waals surface area contributed by atoms with Gasteiger partial charge in [0.1, 0.15) is 0 Å². The Labute approximate surface area is 82.3 Å². The van der Waals surface area contributed by atoms with Crippen molar-refractivity contribution < 1.29 is 14.2 Å². The van der Waals surface area contributed by atoms with E-state index >= 15 is 0 Å². The molecule has 1 aromatic carbocycles. The van der Waals surface area contributed by atoms with Crippen LogP contribution in [-0.4, -0.2) is 18.8 Å². The van der Waals surface area contributed by atoms with Gasteiger partial charge in [0.2, 0.25) is 0 Å². The van der Waals surface area contributed by atoms with E-state index in [0.717, 1.165) is 0 Å². The molecule has 0 aromatic heterocycles. The third-order valence-corrected chi connectivity index (χ3v) is 2.00. The Balaban J connectivity index is 2.88. The van der Waals surface area contributed by atoms with Crippen molar-refractivity contribution >= 4 is 0 Å². The van der Waals surface area contributed by atoms with Crippen molar-refractivity contribution in [3.8, 4) is 5.75 Å². The first-order valence-electron chi connectivity index (χ1n) is 4.40. The van der Waals surface area contributed by atoms with Gasteiger partial charge in [-0.05, 0) is 30.7 Å². The van der Waals surface area contributed by atoms with Gasteiger partial charge >= 0.3 is 0 Å². The molecular weight excluding hydrogens is 185 g/mol. The lowest BCUT2D eigenvalue weighted by Crippen LogP contribution is -2.07. The smallest absolute Gasteiger partial charge is 0.165 e. The number of rotatable bonds is 4. The predicted octanol–water partition coefficient (Wildman–Crippen LogP) is 1.22. The van der Waals surface area contributed by atoms with E-state index in [9.17, 15) is 9.50 Å². The minimum absolute atomic E-state index is 0.138. The Morgan fingerprint density at radius 1 is 1.57 bits per heavy atom. The molecule has 78 valence electrons. The van der Waals surface area contributed by atoms with Crippen LogP contribution in [0, 0.1) is 5.82 Å². The quantitative estimate of drug-likeness (QED) is 0.766. The Morgan fingerprint density at radius 3 is 2.86 bits per heavy atom. The molecule has 0 bridgehead atoms. The predicted molar refractivity (Wildman–Crippen MR) is 51.6 cm³/mol. The van der Waals surface area contributed by atoms with Crippen LogP contribution in [0.15, 0.2) is 18.2 Å². The fourth-order valence-electron chi connectivity index (χ4n) is 1.21. The van der Waals surface area contributed by atoms with Gasteiger partial charge < -0.3 is 15.6 Å². The maximum atomic E-state index is 13.0. The second kappa shape index (κ2) is 4.93. The fourth-order valence-corrected chi connectivity index (χ4v) is 1.21. The molecule has 0 amide bonds. The summed E-state index contributed by atoms with van der Waals surface area (Å²) >= 11 is 0. The molecule has 1 atom stereocenters. The number of halogens is 1. The highest BCUT2D eigenvalue weighted by Gasteiger charge is 2.09. The maximum Gasteiger partial charge on any atom is 0.165 e. The van der Waals surface area contributed by atoms with Crippen LogP contribution in [0.25, 0.3) is 0 Å². The highest BCUT2D eigenvalue weighted by Crippen LogP contribution is 2.23. The fraction of sp³-hybridized carbons (Fsp3) is 0.400. The second-order valence-corrected chi connectivity index (χ2v) is 2.99. The van der Waals surface area contributed by atoms with E-state index in [0.29, 0.717) is 18.5 Å². The molecule has 0 saturated heterocycles. The van der Waals surface area contributed by atoms with E-state index in [-0.39, 0.29) is 5.75 Å². The Hall–Kier alpha value is -1.13. The van der Waals surface area contributed by atoms with Crippen LogP contribution in [0.3, 0.4) is 0 Å². The molecular formula is C10H14FNO2. The number of hydrogen-bond donors (Lipinski definition) is 2. The first-order chi connectivity index (χ1) is 6.69. The average Bonchev–Trinajstić information content (AvgIpc) is 2.19. The van der Waals surface area contributed by atoms with Crippen LogP contribution in [0.1, 0.15) is 18.1 Å². The molecule has 0 radical (unpaired) electrons. The molecule has 1 rings (SSSR count). The third-order valence-electron chi connectivity index (χ3n) is 2.00. The van der Waals surface area contributed by atoms with Gasteiger partial charge in [0, 0.05) is 0 Å². The standard InChI is InChI=1S/C10H14FNO2/c1-14-10-6-7(2-3-8(10)11)9(13)4-5-12/h2-3,6,9,13H,4-5,12H2,1H3/t9-/m0/s1. The van der Waals surface area contributed by atoms with E-state index in [2.05, 4.69) is 0 Å². The summed E-state index contributed by atoms with van der Waals surface area (Å²) in [7, 11) is 1.39. The number of aliphatic hydroxyl groups excluding tert-OH is 1. The van der Waals surface area contributed by atoms with Crippen LogP contribution < -0.4 is 10.5 Å². The molecule has 0 fully saturated rings. The van der Waals surface area contributed by atoms with Gasteiger partial charge in [0.05, 0.1) is 13.2 Å². The first kappa shape index (κ1) is 10.9. The summed E-state index contributed by atoms with van der Waals surface area (Å²) in [5, 5.41) is 9.57. The summed E-state index contributed by atoms with van der Waals surface area (Å²) in [6.07, 6.45) is -0.205. The number of aliphatic hydroxyl groups is 1. The van der Waals surface area contributed by atoms with Gasteiger partial charge in [0.25, 0.3) is 0 Å². The van der Waals surface area contributed by atoms with E-state index in [1.807, 2.05) is 0 Å². The molecule has 0 heterocycles. The van der Waals surface area contributed by atoms with E-state index in [1.165, 1.54) is 25.3 Å². The number of benzene rings is 1. The molecule has 0 saturated carbocycles. The summed E-state index contributed by atoms with van der Waals surface area (Å²) in [5.41, 5.74) is 5.92. The summed E-state index contributed by atoms with van der Waals surface area (Å²) in [4.78, 5) is 0. The molecule has 1 aromatic rings. The molecule has 0 aliphatic rings. The Kier molecular flexibility index (Phi) is 3.85. The van der Waals surface area contributed by atoms with Gasteiger partial charge in [-0.25, -0.2) is 4.39 Å². The number of hydrogen-bond acceptors (Lipinski definition) is 3. The van der Waals surface area contributed by atoms with Crippen molar-refractivity contribution in [3.05, 3.63) is 29.6 Å². The lowest BCUT2D eigenvalue weighted by Gasteiger charge is -2.11. The number of nitrogens with two attached hydrogens (primary N) is 1. The van der Waals surface area contributed by atoms with Crippen LogP contribution in [0.4, 0.5) is 4.39 Å². The molecule has 0 aliphatic carbocycles. The average molecular weight is 199 g/mol. The highest BCUT2D eigenvalue weighted by atomic mass is 19.1. The molecule has 4 heteroatoms. The van der Waals surface area contributed by atoms with Crippen LogP contribution in [0.2, 0.25) is 0 Å². The van der Waals surface area contributed by atoms with E-state index in [1.54, 1.807) is 0 Å². The molecule has 0 aliphatic heterocycles. The van der Waals surface area contributed by atoms with Crippen molar-refractivity contribution in [2.24, 2.45) is 5.73 Å². The molecule has 14 heavy (non-hydrogen) atoms. The van der Waals surface area contributed by atoms with Crippen molar-refractivity contribution in [1.29, 1.82) is 0 Å². The van der Waals surface area contributed by atoms with Crippen LogP contribution in [-0.2, 0) is 0 Å².